The Bertz CT molecular complexity index is 1550. The second kappa shape index (κ2) is 65.0. The predicted octanol–water partition coefficient (Wildman–Crippen LogP) is 20.6. The van der Waals surface area contributed by atoms with Crippen molar-refractivity contribution in [2.24, 2.45) is 0 Å². The van der Waals surface area contributed by atoms with Gasteiger partial charge in [-0.15, -0.1) is 0 Å². The summed E-state index contributed by atoms with van der Waals surface area (Å²) in [5.41, 5.74) is 0. The van der Waals surface area contributed by atoms with E-state index in [9.17, 15) is 19.5 Å². The van der Waals surface area contributed by atoms with Crippen LogP contribution in [0.25, 0.3) is 0 Å². The number of allylic oxidation sites excluding steroid dienone is 10. The topological polar surface area (TPSA) is 111 Å². The van der Waals surface area contributed by atoms with Crippen LogP contribution in [0.1, 0.15) is 335 Å². The molecule has 0 aromatic heterocycles. The molecule has 484 valence electrons. The van der Waals surface area contributed by atoms with E-state index < -0.39 is 24.3 Å². The zero-order valence-electron chi connectivity index (χ0n) is 55.3. The van der Waals surface area contributed by atoms with Gasteiger partial charge in [0.15, 0.2) is 12.4 Å². The summed E-state index contributed by atoms with van der Waals surface area (Å²) in [7, 11) is 5.94. The Hall–Kier alpha value is -3.01. The minimum absolute atomic E-state index is 0.149. The molecule has 0 aromatic carbocycles. The number of carbonyl (C=O) groups excluding carboxylic acids is 3. The smallest absolute Gasteiger partial charge is 0.306 e. The Morgan fingerprint density at radius 2 is 0.687 bits per heavy atom. The fourth-order valence-electron chi connectivity index (χ4n) is 10.4. The highest BCUT2D eigenvalue weighted by Gasteiger charge is 2.22. The molecular weight excluding hydrogens is 1030 g/mol. The quantitative estimate of drug-likeness (QED) is 0.0195. The molecule has 2 atom stereocenters. The van der Waals surface area contributed by atoms with Crippen LogP contribution in [-0.4, -0.2) is 82.3 Å². The van der Waals surface area contributed by atoms with Gasteiger partial charge in [0.1, 0.15) is 13.2 Å². The summed E-state index contributed by atoms with van der Waals surface area (Å²) in [5.74, 6) is -2.26. The molecular formula is C74H135NO8. The van der Waals surface area contributed by atoms with E-state index in [1.807, 2.05) is 21.1 Å². The Balaban J connectivity index is 4.04. The molecule has 0 spiro atoms. The van der Waals surface area contributed by atoms with E-state index >= 15 is 0 Å². The molecule has 0 aliphatic rings. The molecule has 0 bridgehead atoms. The number of esters is 2. The zero-order chi connectivity index (χ0) is 60.5. The lowest BCUT2D eigenvalue weighted by Crippen LogP contribution is -2.44. The van der Waals surface area contributed by atoms with Gasteiger partial charge < -0.3 is 33.3 Å². The van der Waals surface area contributed by atoms with E-state index in [1.54, 1.807) is 0 Å². The third-order valence-electron chi connectivity index (χ3n) is 15.7. The molecule has 0 aliphatic carbocycles. The standard InChI is InChI=1S/C74H135NO8/c1-6-8-10-12-14-16-18-20-22-24-26-28-30-31-32-33-34-35-36-37-38-39-40-41-43-45-47-49-51-53-55-57-59-61-63-65-72(77)83-70(69-82-74(73(78)79)80-67-66-75(3,4)5)68-81-71(76)64-62-60-58-56-54-52-50-48-46-44-42-29-27-25-23-21-19-17-15-13-11-9-7-2/h8,10,14,16,20,22,25-28,70,74H,6-7,9,11-13,15,17-19,21,23-24,29-69H2,1-5H3/b10-8-,16-14-,22-20-,27-25-,28-26-. The summed E-state index contributed by atoms with van der Waals surface area (Å²) in [6.07, 6.45) is 81.7. The van der Waals surface area contributed by atoms with Crippen LogP contribution in [-0.2, 0) is 33.3 Å². The minimum Gasteiger partial charge on any atom is -0.545 e. The third kappa shape index (κ3) is 66.4. The molecule has 0 aliphatic heterocycles. The number of carboxylic acid groups (broad SMARTS) is 1. The fourth-order valence-corrected chi connectivity index (χ4v) is 10.4. The largest absolute Gasteiger partial charge is 0.545 e. The SMILES string of the molecule is CC/C=C\C/C=C\C/C=C\C/C=C\CCCCCCCCCCCCCCCCCCCCCCCCC(=O)OC(COC(=O)CCCCCCCCCCCCC/C=C\CCCCCCCCCC)COC(OCC[N+](C)(C)C)C(=O)[O-]. The lowest BCUT2D eigenvalue weighted by Gasteiger charge is -2.26. The first-order valence-corrected chi connectivity index (χ1v) is 35.4. The molecule has 83 heavy (non-hydrogen) atoms. The van der Waals surface area contributed by atoms with E-state index in [0.717, 1.165) is 57.8 Å². The highest BCUT2D eigenvalue weighted by Crippen LogP contribution is 2.18. The molecule has 0 rings (SSSR count). The first-order chi connectivity index (χ1) is 40.6. The van der Waals surface area contributed by atoms with Crippen LogP contribution in [0.4, 0.5) is 0 Å². The van der Waals surface area contributed by atoms with Gasteiger partial charge in [-0.05, 0) is 77.0 Å². The Labute approximate surface area is 514 Å². The summed E-state index contributed by atoms with van der Waals surface area (Å²) >= 11 is 0. The number of quaternary nitrogens is 1. The number of hydrogen-bond donors (Lipinski definition) is 0. The zero-order valence-corrected chi connectivity index (χ0v) is 55.3. The molecule has 0 N–H and O–H groups in total. The van der Waals surface area contributed by atoms with Gasteiger partial charge in [-0.3, -0.25) is 9.59 Å². The number of nitrogens with zero attached hydrogens (tertiary/aromatic N) is 1. The van der Waals surface area contributed by atoms with Gasteiger partial charge in [-0.2, -0.15) is 0 Å². The van der Waals surface area contributed by atoms with Crippen molar-refractivity contribution in [1.29, 1.82) is 0 Å². The Kier molecular flexibility index (Phi) is 62.6. The molecule has 0 heterocycles. The fraction of sp³-hybridized carbons (Fsp3) is 0.824. The maximum Gasteiger partial charge on any atom is 0.306 e. The highest BCUT2D eigenvalue weighted by atomic mass is 16.7. The molecule has 0 saturated heterocycles. The van der Waals surface area contributed by atoms with Crippen LogP contribution < -0.4 is 5.11 Å². The first kappa shape index (κ1) is 80.0. The third-order valence-corrected chi connectivity index (χ3v) is 15.7. The molecule has 0 aromatic rings. The van der Waals surface area contributed by atoms with Crippen molar-refractivity contribution in [1.82, 2.24) is 0 Å². The summed E-state index contributed by atoms with van der Waals surface area (Å²) in [6.45, 7) is 4.69. The van der Waals surface area contributed by atoms with Crippen molar-refractivity contribution in [3.05, 3.63) is 60.8 Å². The maximum atomic E-state index is 12.9. The van der Waals surface area contributed by atoms with Crippen LogP contribution in [0.2, 0.25) is 0 Å². The van der Waals surface area contributed by atoms with Gasteiger partial charge in [-0.25, -0.2) is 0 Å². The number of unbranched alkanes of at least 4 members (excludes halogenated alkanes) is 41. The van der Waals surface area contributed by atoms with E-state index in [-0.39, 0.29) is 32.2 Å². The van der Waals surface area contributed by atoms with Crippen molar-refractivity contribution < 1.29 is 42.9 Å². The highest BCUT2D eigenvalue weighted by molar-refractivity contribution is 5.70. The van der Waals surface area contributed by atoms with Gasteiger partial charge in [-0.1, -0.05) is 306 Å². The number of hydrogen-bond acceptors (Lipinski definition) is 8. The van der Waals surface area contributed by atoms with Crippen molar-refractivity contribution in [2.45, 2.75) is 347 Å². The summed E-state index contributed by atoms with van der Waals surface area (Å²) < 4.78 is 22.8. The lowest BCUT2D eigenvalue weighted by molar-refractivity contribution is -0.870. The normalized spacial score (nSPS) is 13.0. The molecule has 2 unspecified atom stereocenters. The second-order valence-electron chi connectivity index (χ2n) is 25.1. The van der Waals surface area contributed by atoms with Gasteiger partial charge in [0.05, 0.1) is 40.3 Å². The van der Waals surface area contributed by atoms with Crippen LogP contribution in [0.15, 0.2) is 60.8 Å². The summed E-state index contributed by atoms with van der Waals surface area (Å²) in [6, 6.07) is 0. The molecule has 0 amide bonds. The molecule has 0 saturated carbocycles. The van der Waals surface area contributed by atoms with Gasteiger partial charge in [0.25, 0.3) is 0 Å². The lowest BCUT2D eigenvalue weighted by atomic mass is 10.0. The van der Waals surface area contributed by atoms with Crippen molar-refractivity contribution in [3.8, 4) is 0 Å². The second-order valence-corrected chi connectivity index (χ2v) is 25.1. The first-order valence-electron chi connectivity index (χ1n) is 35.4. The predicted molar refractivity (Wildman–Crippen MR) is 352 cm³/mol. The van der Waals surface area contributed by atoms with Crippen LogP contribution >= 0.6 is 0 Å². The summed E-state index contributed by atoms with van der Waals surface area (Å²) in [4.78, 5) is 37.5. The van der Waals surface area contributed by atoms with E-state index in [4.69, 9.17) is 18.9 Å². The van der Waals surface area contributed by atoms with Gasteiger partial charge in [0.2, 0.25) is 0 Å². The number of carbonyl (C=O) groups is 3. The molecule has 0 radical (unpaired) electrons. The average molecular weight is 1170 g/mol. The molecule has 0 fully saturated rings. The van der Waals surface area contributed by atoms with Crippen molar-refractivity contribution in [2.75, 3.05) is 47.5 Å². The summed E-state index contributed by atoms with van der Waals surface area (Å²) in [5, 5.41) is 11.8. The van der Waals surface area contributed by atoms with Crippen LogP contribution in [0.5, 0.6) is 0 Å². The van der Waals surface area contributed by atoms with Crippen molar-refractivity contribution in [3.63, 3.8) is 0 Å². The number of rotatable bonds is 66. The van der Waals surface area contributed by atoms with E-state index in [0.29, 0.717) is 23.9 Å². The maximum absolute atomic E-state index is 12.9. The van der Waals surface area contributed by atoms with E-state index in [1.165, 1.54) is 244 Å². The minimum atomic E-state index is -1.62. The Morgan fingerprint density at radius 3 is 1.04 bits per heavy atom. The molecule has 9 heteroatoms. The van der Waals surface area contributed by atoms with Crippen LogP contribution in [0, 0.1) is 0 Å². The number of ether oxygens (including phenoxy) is 4. The number of likely N-dealkylation sites (N-methyl/N-ethyl adjacent to an activating group) is 1. The van der Waals surface area contributed by atoms with E-state index in [2.05, 4.69) is 74.6 Å². The van der Waals surface area contributed by atoms with Gasteiger partial charge >= 0.3 is 11.9 Å². The monoisotopic (exact) mass is 1170 g/mol. The average Bonchev–Trinajstić information content (AvgIpc) is 3.46. The van der Waals surface area contributed by atoms with Crippen LogP contribution in [0.3, 0.4) is 0 Å². The number of carboxylic acids is 1. The number of aliphatic carboxylic acids is 1. The van der Waals surface area contributed by atoms with Crippen molar-refractivity contribution >= 4 is 17.9 Å². The molecule has 9 nitrogen and oxygen atoms in total. The van der Waals surface area contributed by atoms with Gasteiger partial charge in [0, 0.05) is 12.8 Å². The Morgan fingerprint density at radius 1 is 0.373 bits per heavy atom.